The van der Waals surface area contributed by atoms with Gasteiger partial charge in [0, 0.05) is 0 Å². The summed E-state index contributed by atoms with van der Waals surface area (Å²) >= 11 is 0. The van der Waals surface area contributed by atoms with E-state index in [4.69, 9.17) is 0 Å². The lowest BCUT2D eigenvalue weighted by molar-refractivity contribution is 0.0714. The molecule has 0 fully saturated rings. The van der Waals surface area contributed by atoms with Crippen LogP contribution in [0.25, 0.3) is 0 Å². The number of aryl methyl sites for hydroxylation is 2. The van der Waals surface area contributed by atoms with Crippen LogP contribution in [0.5, 0.6) is 0 Å². The van der Waals surface area contributed by atoms with E-state index < -0.39 is 5.60 Å². The van der Waals surface area contributed by atoms with Crippen molar-refractivity contribution in [3.8, 4) is 0 Å². The second-order valence-electron chi connectivity index (χ2n) is 4.48. The summed E-state index contributed by atoms with van der Waals surface area (Å²) in [5, 5.41) is 9.58. The molecule has 0 atom stereocenters. The fraction of sp³-hybridized carbons (Fsp3) is 0.538. The number of aliphatic hydroxyl groups is 1. The standard InChI is InChI=1S/C13H20O/c1-4-11-5-7-12(8-6-11)9-10-13(2,3)14/h5-8,14H,4,9-10H2,1-3H3. The van der Waals surface area contributed by atoms with Gasteiger partial charge in [-0.1, -0.05) is 31.2 Å². The van der Waals surface area contributed by atoms with Crippen molar-refractivity contribution in [1.82, 2.24) is 0 Å². The largest absolute Gasteiger partial charge is 0.390 e. The fourth-order valence-electron chi connectivity index (χ4n) is 1.39. The van der Waals surface area contributed by atoms with Gasteiger partial charge in [-0.2, -0.15) is 0 Å². The summed E-state index contributed by atoms with van der Waals surface area (Å²) in [6, 6.07) is 8.65. The van der Waals surface area contributed by atoms with Gasteiger partial charge in [0.25, 0.3) is 0 Å². The lowest BCUT2D eigenvalue weighted by Gasteiger charge is -2.16. The first-order chi connectivity index (χ1) is 6.51. The van der Waals surface area contributed by atoms with Crippen LogP contribution in [-0.2, 0) is 12.8 Å². The Morgan fingerprint density at radius 2 is 1.57 bits per heavy atom. The monoisotopic (exact) mass is 192 g/mol. The third-order valence-electron chi connectivity index (χ3n) is 2.46. The van der Waals surface area contributed by atoms with E-state index in [0.29, 0.717) is 0 Å². The normalized spacial score (nSPS) is 11.7. The minimum atomic E-state index is -0.552. The Morgan fingerprint density at radius 1 is 1.07 bits per heavy atom. The predicted octanol–water partition coefficient (Wildman–Crippen LogP) is 2.95. The summed E-state index contributed by atoms with van der Waals surface area (Å²) in [6.07, 6.45) is 2.86. The van der Waals surface area contributed by atoms with E-state index in [1.807, 2.05) is 13.8 Å². The Hall–Kier alpha value is -0.820. The summed E-state index contributed by atoms with van der Waals surface area (Å²) in [5.41, 5.74) is 2.13. The van der Waals surface area contributed by atoms with E-state index in [-0.39, 0.29) is 0 Å². The first kappa shape index (κ1) is 11.3. The fourth-order valence-corrected chi connectivity index (χ4v) is 1.39. The molecule has 78 valence electrons. The molecule has 0 amide bonds. The first-order valence-corrected chi connectivity index (χ1v) is 5.31. The summed E-state index contributed by atoms with van der Waals surface area (Å²) in [6.45, 7) is 5.87. The van der Waals surface area contributed by atoms with E-state index >= 15 is 0 Å². The molecule has 0 bridgehead atoms. The molecule has 0 aliphatic rings. The Labute approximate surface area is 86.8 Å². The molecule has 0 aromatic heterocycles. The predicted molar refractivity (Wildman–Crippen MR) is 60.4 cm³/mol. The molecule has 0 radical (unpaired) electrons. The lowest BCUT2D eigenvalue weighted by atomic mass is 9.98. The smallest absolute Gasteiger partial charge is 0.0594 e. The van der Waals surface area contributed by atoms with Crippen LogP contribution in [-0.4, -0.2) is 10.7 Å². The molecule has 14 heavy (non-hydrogen) atoms. The highest BCUT2D eigenvalue weighted by atomic mass is 16.3. The second kappa shape index (κ2) is 4.61. The van der Waals surface area contributed by atoms with E-state index in [1.165, 1.54) is 11.1 Å². The first-order valence-electron chi connectivity index (χ1n) is 5.31. The molecule has 0 spiro atoms. The number of hydrogen-bond acceptors (Lipinski definition) is 1. The van der Waals surface area contributed by atoms with E-state index in [2.05, 4.69) is 31.2 Å². The maximum absolute atomic E-state index is 9.58. The minimum Gasteiger partial charge on any atom is -0.390 e. The molecular formula is C13H20O. The van der Waals surface area contributed by atoms with Crippen molar-refractivity contribution < 1.29 is 5.11 Å². The highest BCUT2D eigenvalue weighted by Gasteiger charge is 2.11. The summed E-state index contributed by atoms with van der Waals surface area (Å²) in [4.78, 5) is 0. The lowest BCUT2D eigenvalue weighted by Crippen LogP contribution is -2.19. The van der Waals surface area contributed by atoms with Crippen LogP contribution in [0.3, 0.4) is 0 Å². The maximum atomic E-state index is 9.58. The quantitative estimate of drug-likeness (QED) is 0.777. The Morgan fingerprint density at radius 3 is 2.00 bits per heavy atom. The van der Waals surface area contributed by atoms with Crippen molar-refractivity contribution in [2.24, 2.45) is 0 Å². The molecule has 0 saturated carbocycles. The van der Waals surface area contributed by atoms with Crippen LogP contribution < -0.4 is 0 Å². The number of benzene rings is 1. The Balaban J connectivity index is 2.52. The molecule has 0 saturated heterocycles. The van der Waals surface area contributed by atoms with Crippen molar-refractivity contribution in [2.75, 3.05) is 0 Å². The molecule has 0 aliphatic heterocycles. The van der Waals surface area contributed by atoms with Crippen LogP contribution >= 0.6 is 0 Å². The molecule has 1 N–H and O–H groups in total. The van der Waals surface area contributed by atoms with Crippen LogP contribution in [0.4, 0.5) is 0 Å². The van der Waals surface area contributed by atoms with Gasteiger partial charge in [-0.05, 0) is 44.2 Å². The van der Waals surface area contributed by atoms with E-state index in [9.17, 15) is 5.11 Å². The molecule has 1 rings (SSSR count). The van der Waals surface area contributed by atoms with Crippen molar-refractivity contribution in [3.05, 3.63) is 35.4 Å². The van der Waals surface area contributed by atoms with Gasteiger partial charge >= 0.3 is 0 Å². The maximum Gasteiger partial charge on any atom is 0.0594 e. The zero-order valence-corrected chi connectivity index (χ0v) is 9.38. The van der Waals surface area contributed by atoms with Crippen molar-refractivity contribution in [1.29, 1.82) is 0 Å². The number of hydrogen-bond donors (Lipinski definition) is 1. The highest BCUT2D eigenvalue weighted by molar-refractivity contribution is 5.22. The third kappa shape index (κ3) is 3.93. The van der Waals surface area contributed by atoms with Gasteiger partial charge in [-0.25, -0.2) is 0 Å². The highest BCUT2D eigenvalue weighted by Crippen LogP contribution is 2.13. The molecule has 0 heterocycles. The molecule has 1 aromatic rings. The average molecular weight is 192 g/mol. The van der Waals surface area contributed by atoms with Crippen molar-refractivity contribution >= 4 is 0 Å². The van der Waals surface area contributed by atoms with Gasteiger partial charge in [-0.3, -0.25) is 0 Å². The summed E-state index contributed by atoms with van der Waals surface area (Å²) in [7, 11) is 0. The average Bonchev–Trinajstić information content (AvgIpc) is 2.14. The topological polar surface area (TPSA) is 20.2 Å². The van der Waals surface area contributed by atoms with Crippen LogP contribution in [0.1, 0.15) is 38.3 Å². The molecule has 1 heteroatoms. The van der Waals surface area contributed by atoms with Gasteiger partial charge in [-0.15, -0.1) is 0 Å². The molecule has 1 nitrogen and oxygen atoms in total. The second-order valence-corrected chi connectivity index (χ2v) is 4.48. The Bertz CT molecular complexity index is 266. The SMILES string of the molecule is CCc1ccc(CCC(C)(C)O)cc1. The molecular weight excluding hydrogens is 172 g/mol. The van der Waals surface area contributed by atoms with Crippen LogP contribution in [0, 0.1) is 0 Å². The summed E-state index contributed by atoms with van der Waals surface area (Å²) in [5.74, 6) is 0. The zero-order chi connectivity index (χ0) is 10.6. The Kier molecular flexibility index (Phi) is 3.70. The molecule has 0 unspecified atom stereocenters. The number of rotatable bonds is 4. The third-order valence-corrected chi connectivity index (χ3v) is 2.46. The molecule has 1 aromatic carbocycles. The van der Waals surface area contributed by atoms with Crippen molar-refractivity contribution in [3.63, 3.8) is 0 Å². The van der Waals surface area contributed by atoms with Gasteiger partial charge in [0.2, 0.25) is 0 Å². The van der Waals surface area contributed by atoms with Gasteiger partial charge in [0.1, 0.15) is 0 Å². The van der Waals surface area contributed by atoms with Gasteiger partial charge in [0.05, 0.1) is 5.60 Å². The van der Waals surface area contributed by atoms with Crippen molar-refractivity contribution in [2.45, 2.75) is 45.6 Å². The van der Waals surface area contributed by atoms with Crippen LogP contribution in [0.2, 0.25) is 0 Å². The van der Waals surface area contributed by atoms with Gasteiger partial charge < -0.3 is 5.11 Å². The van der Waals surface area contributed by atoms with Gasteiger partial charge in [0.15, 0.2) is 0 Å². The minimum absolute atomic E-state index is 0.552. The summed E-state index contributed by atoms with van der Waals surface area (Å²) < 4.78 is 0. The van der Waals surface area contributed by atoms with Crippen LogP contribution in [0.15, 0.2) is 24.3 Å². The van der Waals surface area contributed by atoms with E-state index in [0.717, 1.165) is 19.3 Å². The van der Waals surface area contributed by atoms with E-state index in [1.54, 1.807) is 0 Å². The zero-order valence-electron chi connectivity index (χ0n) is 9.38. The molecule has 0 aliphatic carbocycles.